The Morgan fingerprint density at radius 3 is 3.00 bits per heavy atom. The minimum atomic E-state index is -4.67. The molecule has 1 atom stereocenters. The second-order valence-corrected chi connectivity index (χ2v) is 4.77. The van der Waals surface area contributed by atoms with Gasteiger partial charge in [0.15, 0.2) is 0 Å². The van der Waals surface area contributed by atoms with Gasteiger partial charge in [0, 0.05) is 24.9 Å². The average molecular weight is 316 g/mol. The van der Waals surface area contributed by atoms with E-state index in [2.05, 4.69) is 30.3 Å². The third kappa shape index (κ3) is 3.02. The van der Waals surface area contributed by atoms with Crippen LogP contribution in [-0.2, 0) is 25.7 Å². The van der Waals surface area contributed by atoms with Crippen LogP contribution in [0.3, 0.4) is 0 Å². The molecule has 0 saturated heterocycles. The van der Waals surface area contributed by atoms with Crippen LogP contribution in [0.5, 0.6) is 0 Å². The average Bonchev–Trinajstić information content (AvgIpc) is 3.09. The van der Waals surface area contributed by atoms with E-state index in [-0.39, 0.29) is 18.5 Å². The number of hydrogen-bond acceptors (Lipinski definition) is 5. The Balaban J connectivity index is 1.47. The van der Waals surface area contributed by atoms with E-state index < -0.39 is 18.0 Å². The van der Waals surface area contributed by atoms with Gasteiger partial charge in [0.05, 0.1) is 18.9 Å². The van der Waals surface area contributed by atoms with E-state index in [1.807, 2.05) is 4.57 Å². The fourth-order valence-corrected chi connectivity index (χ4v) is 2.17. The van der Waals surface area contributed by atoms with Crippen molar-refractivity contribution in [3.63, 3.8) is 0 Å². The van der Waals surface area contributed by atoms with Crippen molar-refractivity contribution in [2.45, 2.75) is 31.7 Å². The number of carbonyl (C=O) groups is 1. The van der Waals surface area contributed by atoms with Gasteiger partial charge in [0.1, 0.15) is 0 Å². The Bertz CT molecular complexity index is 659. The van der Waals surface area contributed by atoms with E-state index in [9.17, 15) is 18.0 Å². The maximum atomic E-state index is 12.3. The third-order valence-corrected chi connectivity index (χ3v) is 3.13. The lowest BCUT2D eigenvalue weighted by Crippen LogP contribution is -2.42. The molecule has 0 bridgehead atoms. The second kappa shape index (κ2) is 5.31. The molecule has 118 valence electrons. The maximum absolute atomic E-state index is 12.3. The Hall–Kier alpha value is -2.59. The smallest absolute Gasteiger partial charge is 0.337 e. The van der Waals surface area contributed by atoms with Gasteiger partial charge in [0.2, 0.25) is 5.89 Å². The number of nitrogens with one attached hydrogen (secondary N) is 2. The summed E-state index contributed by atoms with van der Waals surface area (Å²) in [5, 5.41) is 7.88. The molecule has 0 fully saturated rings. The number of aromatic nitrogens is 4. The number of amides is 2. The minimum absolute atomic E-state index is 0.0913. The summed E-state index contributed by atoms with van der Waals surface area (Å²) in [6.45, 7) is 0.317. The molecule has 2 aromatic heterocycles. The van der Waals surface area contributed by atoms with Crippen LogP contribution in [0.15, 0.2) is 17.0 Å². The van der Waals surface area contributed by atoms with Gasteiger partial charge in [-0.05, 0) is 0 Å². The Labute approximate surface area is 121 Å². The largest absolute Gasteiger partial charge is 0.455 e. The first-order chi connectivity index (χ1) is 10.4. The number of carbonyl (C=O) groups excluding carboxylic acids is 1. The van der Waals surface area contributed by atoms with Crippen molar-refractivity contribution < 1.29 is 22.5 Å². The molecule has 2 amide bonds. The first-order valence-electron chi connectivity index (χ1n) is 6.35. The molecule has 2 N–H and O–H groups in total. The van der Waals surface area contributed by atoms with Crippen molar-refractivity contribution in [2.75, 3.05) is 0 Å². The number of hydrogen-bond donors (Lipinski definition) is 2. The summed E-state index contributed by atoms with van der Waals surface area (Å²) in [6, 6.07) is -0.609. The van der Waals surface area contributed by atoms with Gasteiger partial charge in [0.25, 0.3) is 5.82 Å². The van der Waals surface area contributed by atoms with E-state index in [0.717, 1.165) is 5.69 Å². The molecule has 0 saturated carbocycles. The molecule has 0 spiro atoms. The Kier molecular flexibility index (Phi) is 3.47. The molecule has 8 nitrogen and oxygen atoms in total. The first kappa shape index (κ1) is 14.4. The molecule has 2 aromatic rings. The number of imidazole rings is 1. The number of urea groups is 1. The van der Waals surface area contributed by atoms with E-state index in [0.29, 0.717) is 13.0 Å². The molecule has 1 aliphatic heterocycles. The van der Waals surface area contributed by atoms with Crippen LogP contribution in [0.4, 0.5) is 18.0 Å². The Morgan fingerprint density at radius 1 is 1.50 bits per heavy atom. The highest BCUT2D eigenvalue weighted by Crippen LogP contribution is 2.26. The van der Waals surface area contributed by atoms with Crippen LogP contribution in [-0.4, -0.2) is 31.8 Å². The molecule has 1 unspecified atom stereocenters. The summed E-state index contributed by atoms with van der Waals surface area (Å²) in [6.07, 6.45) is -0.635. The van der Waals surface area contributed by atoms with Crippen molar-refractivity contribution in [3.8, 4) is 0 Å². The zero-order chi connectivity index (χ0) is 15.7. The number of rotatable bonds is 3. The van der Waals surface area contributed by atoms with Gasteiger partial charge in [-0.1, -0.05) is 5.16 Å². The van der Waals surface area contributed by atoms with Crippen LogP contribution >= 0.6 is 0 Å². The summed E-state index contributed by atoms with van der Waals surface area (Å²) in [5.74, 6) is -1.68. The molecule has 0 aliphatic carbocycles. The van der Waals surface area contributed by atoms with Gasteiger partial charge in [-0.2, -0.15) is 18.2 Å². The van der Waals surface area contributed by atoms with Gasteiger partial charge in [-0.3, -0.25) is 0 Å². The van der Waals surface area contributed by atoms with Crippen LogP contribution < -0.4 is 10.6 Å². The fourth-order valence-electron chi connectivity index (χ4n) is 2.17. The lowest BCUT2D eigenvalue weighted by molar-refractivity contribution is -0.146. The van der Waals surface area contributed by atoms with Crippen molar-refractivity contribution >= 4 is 6.03 Å². The van der Waals surface area contributed by atoms with Gasteiger partial charge < -0.3 is 19.7 Å². The second-order valence-electron chi connectivity index (χ2n) is 4.77. The minimum Gasteiger partial charge on any atom is -0.337 e. The third-order valence-electron chi connectivity index (χ3n) is 3.13. The van der Waals surface area contributed by atoms with Gasteiger partial charge in [-0.25, -0.2) is 9.78 Å². The molecule has 0 aromatic carbocycles. The summed E-state index contributed by atoms with van der Waals surface area (Å²) in [5.41, 5.74) is 1.01. The van der Waals surface area contributed by atoms with Gasteiger partial charge in [-0.15, -0.1) is 0 Å². The summed E-state index contributed by atoms with van der Waals surface area (Å²) < 4.78 is 43.2. The van der Waals surface area contributed by atoms with Crippen molar-refractivity contribution in [2.24, 2.45) is 0 Å². The van der Waals surface area contributed by atoms with E-state index >= 15 is 0 Å². The van der Waals surface area contributed by atoms with Crippen molar-refractivity contribution in [3.05, 3.63) is 29.9 Å². The quantitative estimate of drug-likeness (QED) is 0.869. The predicted molar refractivity (Wildman–Crippen MR) is 64.4 cm³/mol. The van der Waals surface area contributed by atoms with Gasteiger partial charge >= 0.3 is 12.2 Å². The molecule has 3 rings (SSSR count). The molecule has 0 radical (unpaired) electrons. The summed E-state index contributed by atoms with van der Waals surface area (Å²) in [7, 11) is 0. The van der Waals surface area contributed by atoms with Crippen LogP contribution in [0.25, 0.3) is 0 Å². The van der Waals surface area contributed by atoms with E-state index in [1.54, 1.807) is 12.5 Å². The van der Waals surface area contributed by atoms with Crippen molar-refractivity contribution in [1.82, 2.24) is 30.3 Å². The van der Waals surface area contributed by atoms with Crippen LogP contribution in [0, 0.1) is 0 Å². The molecule has 22 heavy (non-hydrogen) atoms. The Morgan fingerprint density at radius 2 is 2.32 bits per heavy atom. The van der Waals surface area contributed by atoms with Crippen molar-refractivity contribution in [1.29, 1.82) is 0 Å². The topological polar surface area (TPSA) is 97.9 Å². The molecular weight excluding hydrogens is 305 g/mol. The molecular formula is C11H11F3N6O2. The maximum Gasteiger partial charge on any atom is 0.455 e. The van der Waals surface area contributed by atoms with Crippen LogP contribution in [0.2, 0.25) is 0 Å². The lowest BCUT2D eigenvalue weighted by atomic mass is 10.2. The highest BCUT2D eigenvalue weighted by atomic mass is 19.4. The number of halogens is 3. The summed E-state index contributed by atoms with van der Waals surface area (Å²) >= 11 is 0. The molecule has 11 heteroatoms. The van der Waals surface area contributed by atoms with E-state index in [4.69, 9.17) is 0 Å². The normalized spacial score (nSPS) is 17.3. The van der Waals surface area contributed by atoms with E-state index in [1.165, 1.54) is 0 Å². The standard InChI is InChI=1S/C11H11F3N6O2/c12-11(13,14)9-18-8(22-19-9)3-16-10(21)17-6-1-7-2-15-5-20(7)4-6/h2,5-6H,1,3-4H2,(H2,16,17,21). The van der Waals surface area contributed by atoms with Crippen LogP contribution in [0.1, 0.15) is 17.4 Å². The number of nitrogens with zero attached hydrogens (tertiary/aromatic N) is 4. The number of alkyl halides is 3. The fraction of sp³-hybridized carbons (Fsp3) is 0.455. The monoisotopic (exact) mass is 316 g/mol. The summed E-state index contributed by atoms with van der Waals surface area (Å²) in [4.78, 5) is 18.8. The SMILES string of the molecule is O=C(NCc1nc(C(F)(F)F)no1)NC1Cc2cncn2C1. The zero-order valence-corrected chi connectivity index (χ0v) is 11.1. The highest BCUT2D eigenvalue weighted by molar-refractivity contribution is 5.74. The lowest BCUT2D eigenvalue weighted by Gasteiger charge is -2.11. The highest BCUT2D eigenvalue weighted by Gasteiger charge is 2.37. The number of fused-ring (bicyclic) bond motifs is 1. The zero-order valence-electron chi connectivity index (χ0n) is 11.1. The molecule has 3 heterocycles. The first-order valence-corrected chi connectivity index (χ1v) is 6.35. The predicted octanol–water partition coefficient (Wildman–Crippen LogP) is 0.709. The molecule has 1 aliphatic rings.